The number of carbonyl (C=O) groups is 2. The number of amides is 2. The van der Waals surface area contributed by atoms with Gasteiger partial charge in [-0.2, -0.15) is 5.26 Å². The molecule has 9 nitrogen and oxygen atoms in total. The lowest BCUT2D eigenvalue weighted by atomic mass is 10.00. The molecule has 2 aromatic heterocycles. The zero-order valence-electron chi connectivity index (χ0n) is 18.9. The van der Waals surface area contributed by atoms with Crippen LogP contribution in [0.15, 0.2) is 48.8 Å². The molecule has 0 atom stereocenters. The van der Waals surface area contributed by atoms with E-state index in [0.717, 1.165) is 49.4 Å². The van der Waals surface area contributed by atoms with Crippen molar-refractivity contribution in [2.75, 3.05) is 50.7 Å². The zero-order valence-corrected chi connectivity index (χ0v) is 18.9. The van der Waals surface area contributed by atoms with Crippen molar-refractivity contribution in [3.8, 4) is 6.07 Å². The van der Waals surface area contributed by atoms with Crippen molar-refractivity contribution in [2.45, 2.75) is 6.54 Å². The molecule has 1 aromatic carbocycles. The molecule has 3 aromatic rings. The highest BCUT2D eigenvalue weighted by molar-refractivity contribution is 5.97. The van der Waals surface area contributed by atoms with E-state index in [2.05, 4.69) is 25.4 Å². The molecule has 0 radical (unpaired) electrons. The van der Waals surface area contributed by atoms with Gasteiger partial charge in [0.05, 0.1) is 12.1 Å². The van der Waals surface area contributed by atoms with Crippen LogP contribution in [-0.4, -0.2) is 77.0 Å². The SMILES string of the molecule is N#Cc1ccc(N2CCN(C(=O)CN3CC(Cn4ccc5ccc(C(N)=O)cc54)C3)CC2)nc1. The summed E-state index contributed by atoms with van der Waals surface area (Å²) in [5, 5.41) is 10.0. The van der Waals surface area contributed by atoms with E-state index in [1.165, 1.54) is 0 Å². The molecule has 0 aliphatic carbocycles. The minimum absolute atomic E-state index is 0.170. The third kappa shape index (κ3) is 4.45. The Balaban J connectivity index is 1.09. The van der Waals surface area contributed by atoms with Gasteiger partial charge in [0.1, 0.15) is 11.9 Å². The van der Waals surface area contributed by atoms with Gasteiger partial charge in [0.2, 0.25) is 11.8 Å². The summed E-state index contributed by atoms with van der Waals surface area (Å²) < 4.78 is 2.17. The quantitative estimate of drug-likeness (QED) is 0.597. The molecule has 4 heterocycles. The summed E-state index contributed by atoms with van der Waals surface area (Å²) >= 11 is 0. The molecule has 0 spiro atoms. The monoisotopic (exact) mass is 457 g/mol. The van der Waals surface area contributed by atoms with Gasteiger partial charge in [-0.05, 0) is 35.7 Å². The lowest BCUT2D eigenvalue weighted by molar-refractivity contribution is -0.134. The van der Waals surface area contributed by atoms with E-state index in [9.17, 15) is 9.59 Å². The summed E-state index contributed by atoms with van der Waals surface area (Å²) in [6.07, 6.45) is 3.63. The third-order valence-electron chi connectivity index (χ3n) is 6.74. The van der Waals surface area contributed by atoms with Gasteiger partial charge in [-0.3, -0.25) is 14.5 Å². The number of pyridine rings is 1. The summed E-state index contributed by atoms with van der Waals surface area (Å²) in [5.41, 5.74) is 7.51. The Morgan fingerprint density at radius 1 is 1.09 bits per heavy atom. The lowest BCUT2D eigenvalue weighted by Gasteiger charge is -2.41. The Hall–Kier alpha value is -3.90. The molecule has 5 rings (SSSR count). The highest BCUT2D eigenvalue weighted by Gasteiger charge is 2.31. The molecular formula is C25H27N7O2. The number of rotatable bonds is 6. The van der Waals surface area contributed by atoms with Crippen LogP contribution in [0.3, 0.4) is 0 Å². The van der Waals surface area contributed by atoms with Crippen molar-refractivity contribution < 1.29 is 9.59 Å². The maximum atomic E-state index is 12.8. The number of piperazine rings is 1. The highest BCUT2D eigenvalue weighted by Crippen LogP contribution is 2.23. The van der Waals surface area contributed by atoms with E-state index >= 15 is 0 Å². The lowest BCUT2D eigenvalue weighted by Crippen LogP contribution is -2.55. The number of fused-ring (bicyclic) bond motifs is 1. The average Bonchev–Trinajstić information content (AvgIpc) is 3.24. The second-order valence-corrected chi connectivity index (χ2v) is 9.05. The Kier molecular flexibility index (Phi) is 5.90. The predicted octanol–water partition coefficient (Wildman–Crippen LogP) is 1.29. The fourth-order valence-electron chi connectivity index (χ4n) is 4.81. The number of nitrogens with two attached hydrogens (primary N) is 1. The van der Waals surface area contributed by atoms with Crippen molar-refractivity contribution >= 4 is 28.5 Å². The first-order valence-corrected chi connectivity index (χ1v) is 11.5. The number of aromatic nitrogens is 2. The molecule has 2 N–H and O–H groups in total. The largest absolute Gasteiger partial charge is 0.366 e. The smallest absolute Gasteiger partial charge is 0.248 e. The van der Waals surface area contributed by atoms with E-state index in [4.69, 9.17) is 11.0 Å². The standard InChI is InChI=1S/C25H27N7O2/c26-12-18-1-4-23(28-13-18)30-7-9-31(10-8-30)24(33)17-29-14-19(15-29)16-32-6-5-20-2-3-21(25(27)34)11-22(20)32/h1-6,11,13,19H,7-10,14-17H2,(H2,27,34). The van der Waals surface area contributed by atoms with Gasteiger partial charge in [-0.1, -0.05) is 6.07 Å². The van der Waals surface area contributed by atoms with Crippen LogP contribution in [0.1, 0.15) is 15.9 Å². The Labute approximate surface area is 198 Å². The summed E-state index contributed by atoms with van der Waals surface area (Å²) in [4.78, 5) is 34.9. The van der Waals surface area contributed by atoms with E-state index in [1.54, 1.807) is 18.3 Å². The maximum absolute atomic E-state index is 12.8. The molecule has 2 fully saturated rings. The number of nitriles is 1. The zero-order chi connectivity index (χ0) is 23.7. The van der Waals surface area contributed by atoms with Crippen molar-refractivity contribution in [3.63, 3.8) is 0 Å². The van der Waals surface area contributed by atoms with Crippen LogP contribution in [0.25, 0.3) is 10.9 Å². The number of benzene rings is 1. The molecule has 174 valence electrons. The molecule has 2 aliphatic rings. The van der Waals surface area contributed by atoms with Gasteiger partial charge >= 0.3 is 0 Å². The van der Waals surface area contributed by atoms with Gasteiger partial charge in [-0.25, -0.2) is 4.98 Å². The molecule has 2 saturated heterocycles. The Morgan fingerprint density at radius 3 is 2.56 bits per heavy atom. The third-order valence-corrected chi connectivity index (χ3v) is 6.74. The summed E-state index contributed by atoms with van der Waals surface area (Å²) in [7, 11) is 0. The van der Waals surface area contributed by atoms with Crippen molar-refractivity contribution in [3.05, 3.63) is 59.9 Å². The van der Waals surface area contributed by atoms with E-state index in [-0.39, 0.29) is 5.91 Å². The van der Waals surface area contributed by atoms with Gasteiger partial charge in [0, 0.05) is 75.2 Å². The first kappa shape index (κ1) is 21.9. The number of primary amides is 1. The maximum Gasteiger partial charge on any atom is 0.248 e. The Morgan fingerprint density at radius 2 is 1.88 bits per heavy atom. The molecule has 0 bridgehead atoms. The number of carbonyl (C=O) groups excluding carboxylic acids is 2. The van der Waals surface area contributed by atoms with E-state index in [1.807, 2.05) is 35.4 Å². The van der Waals surface area contributed by atoms with Gasteiger partial charge in [-0.15, -0.1) is 0 Å². The summed E-state index contributed by atoms with van der Waals surface area (Å²) in [6, 6.07) is 13.3. The number of hydrogen-bond donors (Lipinski definition) is 1. The Bertz CT molecular complexity index is 1250. The highest BCUT2D eigenvalue weighted by atomic mass is 16.2. The van der Waals surface area contributed by atoms with Crippen molar-refractivity contribution in [1.29, 1.82) is 5.26 Å². The van der Waals surface area contributed by atoms with Gasteiger partial charge in [0.15, 0.2) is 0 Å². The summed E-state index contributed by atoms with van der Waals surface area (Å²) in [6.45, 7) is 5.90. The normalized spacial score (nSPS) is 16.9. The van der Waals surface area contributed by atoms with E-state index < -0.39 is 5.91 Å². The molecule has 2 aliphatic heterocycles. The van der Waals surface area contributed by atoms with Crippen LogP contribution in [0, 0.1) is 17.2 Å². The predicted molar refractivity (Wildman–Crippen MR) is 128 cm³/mol. The number of hydrogen-bond acceptors (Lipinski definition) is 6. The molecule has 9 heteroatoms. The van der Waals surface area contributed by atoms with Crippen molar-refractivity contribution in [2.24, 2.45) is 11.7 Å². The van der Waals surface area contributed by atoms with Gasteiger partial charge < -0.3 is 20.1 Å². The van der Waals surface area contributed by atoms with E-state index in [0.29, 0.717) is 36.7 Å². The van der Waals surface area contributed by atoms with Crippen LogP contribution in [-0.2, 0) is 11.3 Å². The average molecular weight is 458 g/mol. The topological polar surface area (TPSA) is 111 Å². The first-order chi connectivity index (χ1) is 16.5. The van der Waals surface area contributed by atoms with Crippen LogP contribution in [0.5, 0.6) is 0 Å². The summed E-state index contributed by atoms with van der Waals surface area (Å²) in [5.74, 6) is 1.07. The minimum atomic E-state index is -0.419. The molecular weight excluding hydrogens is 430 g/mol. The second kappa shape index (κ2) is 9.15. The first-order valence-electron chi connectivity index (χ1n) is 11.5. The second-order valence-electron chi connectivity index (χ2n) is 9.05. The van der Waals surface area contributed by atoms with Crippen LogP contribution < -0.4 is 10.6 Å². The number of likely N-dealkylation sites (tertiary alicyclic amines) is 1. The molecule has 0 saturated carbocycles. The van der Waals surface area contributed by atoms with Crippen LogP contribution in [0.2, 0.25) is 0 Å². The van der Waals surface area contributed by atoms with Gasteiger partial charge in [0.25, 0.3) is 0 Å². The fraction of sp³-hybridized carbons (Fsp3) is 0.360. The fourth-order valence-corrected chi connectivity index (χ4v) is 4.81. The van der Waals surface area contributed by atoms with Crippen LogP contribution >= 0.6 is 0 Å². The van der Waals surface area contributed by atoms with Crippen molar-refractivity contribution in [1.82, 2.24) is 19.4 Å². The number of nitrogens with zero attached hydrogens (tertiary/aromatic N) is 6. The molecule has 0 unspecified atom stereocenters. The minimum Gasteiger partial charge on any atom is -0.366 e. The van der Waals surface area contributed by atoms with Crippen LogP contribution in [0.4, 0.5) is 5.82 Å². The number of anilines is 1. The molecule has 2 amide bonds. The molecule has 34 heavy (non-hydrogen) atoms.